The maximum absolute atomic E-state index is 13.5. The summed E-state index contributed by atoms with van der Waals surface area (Å²) in [6.45, 7) is 7.10. The number of aromatic nitrogens is 5. The second-order valence-corrected chi connectivity index (χ2v) is 13.0. The van der Waals surface area contributed by atoms with E-state index in [1.807, 2.05) is 37.2 Å². The molecule has 0 spiro atoms. The first-order chi connectivity index (χ1) is 21.9. The Bertz CT molecular complexity index is 1850. The van der Waals surface area contributed by atoms with Gasteiger partial charge in [-0.1, -0.05) is 23.2 Å². The third-order valence-corrected chi connectivity index (χ3v) is 9.32. The number of amides is 2. The van der Waals surface area contributed by atoms with Gasteiger partial charge in [0.25, 0.3) is 11.8 Å². The molecule has 6 rings (SSSR count). The van der Waals surface area contributed by atoms with E-state index in [0.29, 0.717) is 58.7 Å². The number of carbonyl (C=O) groups excluding carboxylic acids is 2. The highest BCUT2D eigenvalue weighted by molar-refractivity contribution is 6.36. The van der Waals surface area contributed by atoms with E-state index in [2.05, 4.69) is 35.4 Å². The van der Waals surface area contributed by atoms with Gasteiger partial charge in [-0.2, -0.15) is 0 Å². The van der Waals surface area contributed by atoms with Crippen molar-refractivity contribution in [3.8, 4) is 11.3 Å². The van der Waals surface area contributed by atoms with Crippen LogP contribution in [0.4, 0.5) is 11.4 Å². The molecule has 0 bridgehead atoms. The average Bonchev–Trinajstić information content (AvgIpc) is 3.51. The summed E-state index contributed by atoms with van der Waals surface area (Å²) in [6, 6.07) is 5.03. The minimum atomic E-state index is -0.443. The zero-order valence-electron chi connectivity index (χ0n) is 26.5. The van der Waals surface area contributed by atoms with Crippen LogP contribution in [0.25, 0.3) is 11.3 Å². The summed E-state index contributed by atoms with van der Waals surface area (Å²) in [6.07, 6.45) is 2.67. The molecule has 1 unspecified atom stereocenters. The van der Waals surface area contributed by atoms with Crippen LogP contribution in [0.1, 0.15) is 56.5 Å². The number of β-amino-alcohol motifs (C(OH)–C–C–N with tert-alkyl or cyclic N) is 1. The number of nitrogens with one attached hydrogen (secondary N) is 2. The molecule has 14 heteroatoms. The molecule has 2 aliphatic rings. The lowest BCUT2D eigenvalue weighted by molar-refractivity contribution is 0.100. The van der Waals surface area contributed by atoms with Crippen LogP contribution in [0.15, 0.2) is 24.4 Å². The summed E-state index contributed by atoms with van der Waals surface area (Å²) >= 11 is 13.4. The van der Waals surface area contributed by atoms with Crippen molar-refractivity contribution in [1.29, 1.82) is 0 Å². The van der Waals surface area contributed by atoms with Crippen molar-refractivity contribution in [2.75, 3.05) is 37.3 Å². The Morgan fingerprint density at radius 3 is 2.20 bits per heavy atom. The molecule has 46 heavy (non-hydrogen) atoms. The summed E-state index contributed by atoms with van der Waals surface area (Å²) in [5.41, 5.74) is 6.35. The van der Waals surface area contributed by atoms with Crippen LogP contribution < -0.4 is 10.6 Å². The van der Waals surface area contributed by atoms with Gasteiger partial charge in [-0.3, -0.25) is 19.5 Å². The lowest BCUT2D eigenvalue weighted by atomic mass is 10.0. The summed E-state index contributed by atoms with van der Waals surface area (Å²) in [4.78, 5) is 45.0. The Balaban J connectivity index is 1.25. The molecular formula is C32H37Cl2N9O3. The van der Waals surface area contributed by atoms with E-state index in [-0.39, 0.29) is 22.7 Å². The van der Waals surface area contributed by atoms with Gasteiger partial charge in [-0.15, -0.1) is 0 Å². The Morgan fingerprint density at radius 2 is 1.54 bits per heavy atom. The smallest absolute Gasteiger partial charge is 0.291 e. The van der Waals surface area contributed by atoms with E-state index in [1.54, 1.807) is 31.3 Å². The van der Waals surface area contributed by atoms with Crippen molar-refractivity contribution in [3.63, 3.8) is 0 Å². The Kier molecular flexibility index (Phi) is 8.92. The van der Waals surface area contributed by atoms with Gasteiger partial charge in [0.05, 0.1) is 33.9 Å². The van der Waals surface area contributed by atoms with Gasteiger partial charge in [0.1, 0.15) is 0 Å². The maximum Gasteiger partial charge on any atom is 0.291 e. The first-order valence-corrected chi connectivity index (χ1v) is 15.9. The van der Waals surface area contributed by atoms with Crippen LogP contribution in [0, 0.1) is 6.92 Å². The number of benzene rings is 1. The molecule has 0 saturated carbocycles. The zero-order valence-corrected chi connectivity index (χ0v) is 28.0. The van der Waals surface area contributed by atoms with Crippen molar-refractivity contribution < 1.29 is 14.7 Å². The molecule has 5 heterocycles. The topological polar surface area (TPSA) is 133 Å². The number of aliphatic hydroxyl groups is 1. The molecule has 0 aliphatic carbocycles. The SMILES string of the molecule is Cc1c(NC(=O)c2nc3c(n2C)CCN(CC(C)O)C3)cc(Cl)cc1-c1nccc(NC(=O)c2nc3c(n2C)CCN(C)C3)c1Cl. The third kappa shape index (κ3) is 6.15. The lowest BCUT2D eigenvalue weighted by Gasteiger charge is -2.27. The van der Waals surface area contributed by atoms with E-state index >= 15 is 0 Å². The number of likely N-dealkylation sites (N-methyl/N-ethyl adjacent to an activating group) is 1. The second kappa shape index (κ2) is 12.8. The van der Waals surface area contributed by atoms with Crippen LogP contribution in [0.2, 0.25) is 10.0 Å². The number of hydrogen-bond acceptors (Lipinski definition) is 8. The van der Waals surface area contributed by atoms with Crippen LogP contribution in [0.3, 0.4) is 0 Å². The highest BCUT2D eigenvalue weighted by Gasteiger charge is 2.28. The van der Waals surface area contributed by atoms with Gasteiger partial charge in [-0.25, -0.2) is 9.97 Å². The number of pyridine rings is 1. The molecule has 0 radical (unpaired) electrons. The average molecular weight is 667 g/mol. The fraction of sp³-hybridized carbons (Fsp3) is 0.406. The van der Waals surface area contributed by atoms with E-state index in [0.717, 1.165) is 48.7 Å². The van der Waals surface area contributed by atoms with Crippen molar-refractivity contribution >= 4 is 46.4 Å². The largest absolute Gasteiger partial charge is 0.392 e. The quantitative estimate of drug-likeness (QED) is 0.269. The first-order valence-electron chi connectivity index (χ1n) is 15.2. The molecule has 4 aromatic rings. The van der Waals surface area contributed by atoms with Gasteiger partial charge < -0.3 is 29.8 Å². The predicted octanol–water partition coefficient (Wildman–Crippen LogP) is 4.06. The minimum Gasteiger partial charge on any atom is -0.392 e. The van der Waals surface area contributed by atoms with Crippen LogP contribution in [-0.2, 0) is 40.0 Å². The minimum absolute atomic E-state index is 0.232. The number of halogens is 2. The summed E-state index contributed by atoms with van der Waals surface area (Å²) in [7, 11) is 5.72. The predicted molar refractivity (Wildman–Crippen MR) is 177 cm³/mol. The zero-order chi connectivity index (χ0) is 32.9. The molecule has 1 atom stereocenters. The van der Waals surface area contributed by atoms with Gasteiger partial charge in [0.15, 0.2) is 11.6 Å². The van der Waals surface area contributed by atoms with Gasteiger partial charge in [-0.05, 0) is 44.7 Å². The lowest BCUT2D eigenvalue weighted by Crippen LogP contribution is -2.36. The van der Waals surface area contributed by atoms with Gasteiger partial charge in [0, 0.05) is 93.5 Å². The van der Waals surface area contributed by atoms with E-state index in [1.165, 1.54) is 0 Å². The normalized spacial score (nSPS) is 15.7. The van der Waals surface area contributed by atoms with E-state index in [4.69, 9.17) is 23.2 Å². The molecule has 0 fully saturated rings. The van der Waals surface area contributed by atoms with E-state index < -0.39 is 6.10 Å². The fourth-order valence-corrected chi connectivity index (χ4v) is 6.80. The van der Waals surface area contributed by atoms with Gasteiger partial charge in [0.2, 0.25) is 0 Å². The third-order valence-electron chi connectivity index (χ3n) is 8.72. The Labute approximate surface area is 277 Å². The number of anilines is 2. The van der Waals surface area contributed by atoms with Crippen molar-refractivity contribution in [3.05, 3.63) is 74.4 Å². The van der Waals surface area contributed by atoms with Crippen molar-refractivity contribution in [2.45, 2.75) is 45.9 Å². The van der Waals surface area contributed by atoms with Crippen molar-refractivity contribution in [2.24, 2.45) is 14.1 Å². The molecule has 1 aromatic carbocycles. The van der Waals surface area contributed by atoms with Crippen LogP contribution in [-0.4, -0.2) is 83.6 Å². The summed E-state index contributed by atoms with van der Waals surface area (Å²) in [5, 5.41) is 16.3. The number of rotatable bonds is 7. The molecule has 242 valence electrons. The monoisotopic (exact) mass is 665 g/mol. The van der Waals surface area contributed by atoms with Crippen LogP contribution in [0.5, 0.6) is 0 Å². The number of hydrogen-bond donors (Lipinski definition) is 3. The molecule has 3 aromatic heterocycles. The maximum atomic E-state index is 13.5. The highest BCUT2D eigenvalue weighted by atomic mass is 35.5. The number of aliphatic hydroxyl groups excluding tert-OH is 1. The fourth-order valence-electron chi connectivity index (χ4n) is 6.32. The van der Waals surface area contributed by atoms with Crippen molar-refractivity contribution in [1.82, 2.24) is 33.9 Å². The second-order valence-electron chi connectivity index (χ2n) is 12.2. The Hall–Kier alpha value is -3.81. The number of fused-ring (bicyclic) bond motifs is 2. The van der Waals surface area contributed by atoms with Gasteiger partial charge >= 0.3 is 0 Å². The van der Waals surface area contributed by atoms with Crippen LogP contribution >= 0.6 is 23.2 Å². The standard InChI is InChI=1S/C32H37Cl2N9O3/c1-17(44)14-43-11-8-26-24(16-43)37-30(42(26)5)32(46)39-22-13-19(33)12-20(18(22)2)28-27(34)21(6-9-35-28)38-31(45)29-36-23-15-40(3)10-7-25(23)41(29)4/h6,9,12-13,17,44H,7-8,10-11,14-16H2,1-5H3,(H,39,46)(H,35,38,45). The van der Waals surface area contributed by atoms with E-state index in [9.17, 15) is 14.7 Å². The molecule has 0 saturated heterocycles. The molecule has 12 nitrogen and oxygen atoms in total. The molecular weight excluding hydrogens is 629 g/mol. The number of imidazole rings is 2. The number of carbonyl (C=O) groups is 2. The summed E-state index contributed by atoms with van der Waals surface area (Å²) in [5.74, 6) is -0.154. The molecule has 2 aliphatic heterocycles. The first kappa shape index (κ1) is 32.1. The Morgan fingerprint density at radius 1 is 0.935 bits per heavy atom. The number of nitrogens with zero attached hydrogens (tertiary/aromatic N) is 7. The highest BCUT2D eigenvalue weighted by Crippen LogP contribution is 2.38. The molecule has 3 N–H and O–H groups in total. The molecule has 2 amide bonds. The summed E-state index contributed by atoms with van der Waals surface area (Å²) < 4.78 is 3.67.